The van der Waals surface area contributed by atoms with Crippen molar-refractivity contribution in [1.29, 1.82) is 0 Å². The molecule has 4 rings (SSSR count). The zero-order valence-corrected chi connectivity index (χ0v) is 17.9. The van der Waals surface area contributed by atoms with Gasteiger partial charge in [-0.1, -0.05) is 24.3 Å². The van der Waals surface area contributed by atoms with E-state index in [1.165, 1.54) is 5.01 Å². The van der Waals surface area contributed by atoms with Gasteiger partial charge in [0.2, 0.25) is 5.91 Å². The highest BCUT2D eigenvalue weighted by atomic mass is 32.2. The predicted molar refractivity (Wildman–Crippen MR) is 117 cm³/mol. The second-order valence-electron chi connectivity index (χ2n) is 7.71. The fourth-order valence-corrected chi connectivity index (χ4v) is 5.32. The summed E-state index contributed by atoms with van der Waals surface area (Å²) in [6.07, 6.45) is 0.644. The number of carbonyl (C=O) groups excluding carboxylic acids is 2. The summed E-state index contributed by atoms with van der Waals surface area (Å²) in [5.41, 5.74) is 1.62. The van der Waals surface area contributed by atoms with Crippen LogP contribution < -0.4 is 10.1 Å². The third-order valence-corrected chi connectivity index (χ3v) is 6.98. The molecule has 0 spiro atoms. The van der Waals surface area contributed by atoms with Crippen molar-refractivity contribution in [2.24, 2.45) is 5.10 Å². The lowest BCUT2D eigenvalue weighted by Crippen LogP contribution is -2.42. The van der Waals surface area contributed by atoms with E-state index in [-0.39, 0.29) is 36.0 Å². The van der Waals surface area contributed by atoms with E-state index in [0.29, 0.717) is 23.6 Å². The molecule has 0 aliphatic carbocycles. The number of para-hydroxylation sites is 1. The van der Waals surface area contributed by atoms with Crippen LogP contribution in [0.15, 0.2) is 53.6 Å². The number of sulfone groups is 1. The van der Waals surface area contributed by atoms with E-state index in [2.05, 4.69) is 10.4 Å². The van der Waals surface area contributed by atoms with Gasteiger partial charge in [0.15, 0.2) is 15.6 Å². The van der Waals surface area contributed by atoms with Crippen LogP contribution in [0.4, 0.5) is 5.69 Å². The highest BCUT2D eigenvalue weighted by Gasteiger charge is 2.37. The molecule has 8 nitrogen and oxygen atoms in total. The zero-order chi connectivity index (χ0) is 22.0. The maximum Gasteiger partial charge on any atom is 0.271 e. The molecule has 0 saturated carbocycles. The third-order valence-electron chi connectivity index (χ3n) is 5.23. The van der Waals surface area contributed by atoms with Crippen LogP contribution in [0.5, 0.6) is 11.5 Å². The van der Waals surface area contributed by atoms with E-state index in [1.54, 1.807) is 12.1 Å². The Kier molecular flexibility index (Phi) is 5.77. The van der Waals surface area contributed by atoms with Gasteiger partial charge in [0.25, 0.3) is 5.91 Å². The molecule has 2 aromatic carbocycles. The number of rotatable bonds is 5. The summed E-state index contributed by atoms with van der Waals surface area (Å²) < 4.78 is 29.5. The number of nitrogens with zero attached hydrogens (tertiary/aromatic N) is 2. The van der Waals surface area contributed by atoms with Gasteiger partial charge in [-0.25, -0.2) is 13.4 Å². The van der Waals surface area contributed by atoms with E-state index in [9.17, 15) is 18.0 Å². The second kappa shape index (κ2) is 8.50. The molecular formula is C22H23N3O5S. The Morgan fingerprint density at radius 3 is 2.65 bits per heavy atom. The number of hydrazone groups is 1. The molecule has 2 heterocycles. The highest BCUT2D eigenvalue weighted by Crippen LogP contribution is 2.31. The van der Waals surface area contributed by atoms with Crippen molar-refractivity contribution in [2.45, 2.75) is 32.2 Å². The van der Waals surface area contributed by atoms with Gasteiger partial charge in [0.1, 0.15) is 11.5 Å². The predicted octanol–water partition coefficient (Wildman–Crippen LogP) is 2.89. The number of hydrogen-bond donors (Lipinski definition) is 1. The molecule has 2 aromatic rings. The van der Waals surface area contributed by atoms with Gasteiger partial charge in [-0.15, -0.1) is 0 Å². The smallest absolute Gasteiger partial charge is 0.271 e. The molecule has 2 aliphatic heterocycles. The molecule has 1 fully saturated rings. The molecule has 1 N–H and O–H groups in total. The van der Waals surface area contributed by atoms with Gasteiger partial charge in [0, 0.05) is 12.8 Å². The first-order valence-corrected chi connectivity index (χ1v) is 11.9. The Morgan fingerprint density at radius 2 is 1.94 bits per heavy atom. The SMILES string of the molecule is Cc1ccc(Oc2ccccc2)c(NC(=O)C2=NN(C3CCS(=O)(=O)C3)C(=O)CC2)c1. The maximum atomic E-state index is 12.9. The lowest BCUT2D eigenvalue weighted by Gasteiger charge is -2.27. The van der Waals surface area contributed by atoms with Crippen molar-refractivity contribution in [3.8, 4) is 11.5 Å². The molecular weight excluding hydrogens is 418 g/mol. The number of nitrogens with one attached hydrogen (secondary N) is 1. The molecule has 2 aliphatic rings. The summed E-state index contributed by atoms with van der Waals surface area (Å²) in [5.74, 6) is 0.322. The van der Waals surface area contributed by atoms with Gasteiger partial charge < -0.3 is 10.1 Å². The Morgan fingerprint density at radius 1 is 1.16 bits per heavy atom. The van der Waals surface area contributed by atoms with Crippen LogP contribution in [0.25, 0.3) is 0 Å². The minimum atomic E-state index is -3.17. The fraction of sp³-hybridized carbons (Fsp3) is 0.318. The Labute approximate surface area is 180 Å². The first kappa shape index (κ1) is 21.0. The highest BCUT2D eigenvalue weighted by molar-refractivity contribution is 7.91. The number of benzene rings is 2. The van der Waals surface area contributed by atoms with E-state index < -0.39 is 21.8 Å². The number of carbonyl (C=O) groups is 2. The Bertz CT molecular complexity index is 1140. The molecule has 0 bridgehead atoms. The molecule has 9 heteroatoms. The normalized spacial score (nSPS) is 20.3. The minimum absolute atomic E-state index is 0.0297. The number of aryl methyl sites for hydroxylation is 1. The summed E-state index contributed by atoms with van der Waals surface area (Å²) in [5, 5.41) is 8.24. The van der Waals surface area contributed by atoms with E-state index in [0.717, 1.165) is 5.56 Å². The van der Waals surface area contributed by atoms with Crippen LogP contribution in [0.2, 0.25) is 0 Å². The summed E-state index contributed by atoms with van der Waals surface area (Å²) in [7, 11) is -3.17. The lowest BCUT2D eigenvalue weighted by atomic mass is 10.1. The number of anilines is 1. The van der Waals surface area contributed by atoms with Crippen molar-refractivity contribution in [1.82, 2.24) is 5.01 Å². The quantitative estimate of drug-likeness (QED) is 0.768. The van der Waals surface area contributed by atoms with Crippen molar-refractivity contribution < 1.29 is 22.7 Å². The molecule has 0 aromatic heterocycles. The summed E-state index contributed by atoms with van der Waals surface area (Å²) in [6, 6.07) is 14.2. The summed E-state index contributed by atoms with van der Waals surface area (Å²) in [4.78, 5) is 25.2. The molecule has 1 atom stereocenters. The van der Waals surface area contributed by atoms with Gasteiger partial charge in [-0.2, -0.15) is 5.10 Å². The van der Waals surface area contributed by atoms with Crippen LogP contribution in [-0.4, -0.2) is 48.5 Å². The zero-order valence-electron chi connectivity index (χ0n) is 17.1. The van der Waals surface area contributed by atoms with Crippen LogP contribution in [0, 0.1) is 6.92 Å². The number of hydrogen-bond acceptors (Lipinski definition) is 6. The molecule has 1 saturated heterocycles. The van der Waals surface area contributed by atoms with Gasteiger partial charge in [0.05, 0.1) is 23.2 Å². The molecule has 162 valence electrons. The molecule has 2 amide bonds. The monoisotopic (exact) mass is 441 g/mol. The summed E-state index contributed by atoms with van der Waals surface area (Å²) in [6.45, 7) is 1.90. The van der Waals surface area contributed by atoms with Crippen LogP contribution in [0.3, 0.4) is 0 Å². The van der Waals surface area contributed by atoms with Crippen LogP contribution in [0.1, 0.15) is 24.8 Å². The first-order chi connectivity index (χ1) is 14.8. The van der Waals surface area contributed by atoms with Crippen molar-refractivity contribution in [3.05, 3.63) is 54.1 Å². The van der Waals surface area contributed by atoms with Gasteiger partial charge in [-0.05, 0) is 43.2 Å². The topological polar surface area (TPSA) is 105 Å². The number of ether oxygens (including phenoxy) is 1. The largest absolute Gasteiger partial charge is 0.455 e. The molecule has 0 radical (unpaired) electrons. The first-order valence-electron chi connectivity index (χ1n) is 10.1. The fourth-order valence-electron chi connectivity index (χ4n) is 3.63. The molecule has 1 unspecified atom stereocenters. The Balaban J connectivity index is 1.54. The average Bonchev–Trinajstić information content (AvgIpc) is 3.10. The minimum Gasteiger partial charge on any atom is -0.455 e. The third kappa shape index (κ3) is 4.93. The Hall–Kier alpha value is -3.20. The van der Waals surface area contributed by atoms with Gasteiger partial charge in [-0.3, -0.25) is 9.59 Å². The second-order valence-corrected chi connectivity index (χ2v) is 9.94. The summed E-state index contributed by atoms with van der Waals surface area (Å²) >= 11 is 0. The average molecular weight is 442 g/mol. The van der Waals surface area contributed by atoms with Crippen molar-refractivity contribution in [3.63, 3.8) is 0 Å². The molecule has 31 heavy (non-hydrogen) atoms. The van der Waals surface area contributed by atoms with Crippen molar-refractivity contribution in [2.75, 3.05) is 16.8 Å². The van der Waals surface area contributed by atoms with Crippen LogP contribution in [-0.2, 0) is 19.4 Å². The van der Waals surface area contributed by atoms with Gasteiger partial charge >= 0.3 is 0 Å². The lowest BCUT2D eigenvalue weighted by molar-refractivity contribution is -0.133. The van der Waals surface area contributed by atoms with Crippen molar-refractivity contribution >= 4 is 33.1 Å². The van der Waals surface area contributed by atoms with E-state index in [1.807, 2.05) is 43.3 Å². The van der Waals surface area contributed by atoms with Crippen LogP contribution >= 0.6 is 0 Å². The standard InChI is InChI=1S/C22H23N3O5S/c1-15-7-9-20(30-17-5-3-2-4-6-17)19(13-15)23-22(27)18-8-10-21(26)25(24-18)16-11-12-31(28,29)14-16/h2-7,9,13,16H,8,10-12,14H2,1H3,(H,23,27). The van der Waals surface area contributed by atoms with E-state index in [4.69, 9.17) is 4.74 Å². The maximum absolute atomic E-state index is 12.9. The van der Waals surface area contributed by atoms with E-state index >= 15 is 0 Å². The number of amides is 2.